The maximum atomic E-state index is 12.3. The summed E-state index contributed by atoms with van der Waals surface area (Å²) in [6.45, 7) is 0. The van der Waals surface area contributed by atoms with Gasteiger partial charge in [-0.05, 0) is 36.4 Å². The zero-order valence-electron chi connectivity index (χ0n) is 13.0. The molecule has 128 valence electrons. The number of carbonyl (C=O) groups is 4. The van der Waals surface area contributed by atoms with Crippen molar-refractivity contribution in [3.05, 3.63) is 64.7 Å². The first-order chi connectivity index (χ1) is 11.8. The number of hydrogen-bond donors (Lipinski definition) is 3. The summed E-state index contributed by atoms with van der Waals surface area (Å²) < 4.78 is 4.57. The number of carboxylic acids is 2. The number of nitrogens with one attached hydrogen (secondary N) is 1. The number of ether oxygens (including phenoxy) is 1. The van der Waals surface area contributed by atoms with E-state index >= 15 is 0 Å². The van der Waals surface area contributed by atoms with Crippen molar-refractivity contribution in [1.29, 1.82) is 0 Å². The summed E-state index contributed by atoms with van der Waals surface area (Å²) in [5.74, 6) is -3.90. The Hall–Kier alpha value is -3.68. The minimum atomic E-state index is -1.33. The van der Waals surface area contributed by atoms with E-state index in [1.165, 1.54) is 31.4 Å². The van der Waals surface area contributed by atoms with E-state index in [0.29, 0.717) is 0 Å². The van der Waals surface area contributed by atoms with Crippen LogP contribution in [0.1, 0.15) is 41.4 Å². The van der Waals surface area contributed by atoms with E-state index < -0.39 is 23.8 Å². The Morgan fingerprint density at radius 2 is 1.36 bits per heavy atom. The summed E-state index contributed by atoms with van der Waals surface area (Å²) in [4.78, 5) is 45.9. The normalized spacial score (nSPS) is 9.96. The molecule has 0 heterocycles. The summed E-state index contributed by atoms with van der Waals surface area (Å²) in [5.41, 5.74) is -0.260. The van der Waals surface area contributed by atoms with Gasteiger partial charge in [0, 0.05) is 11.3 Å². The highest BCUT2D eigenvalue weighted by Crippen LogP contribution is 2.17. The number of aromatic carboxylic acids is 2. The average Bonchev–Trinajstić information content (AvgIpc) is 2.60. The zero-order chi connectivity index (χ0) is 18.6. The van der Waals surface area contributed by atoms with E-state index in [1.807, 2.05) is 0 Å². The molecule has 8 heteroatoms. The van der Waals surface area contributed by atoms with Crippen molar-refractivity contribution in [2.45, 2.75) is 0 Å². The number of rotatable bonds is 5. The van der Waals surface area contributed by atoms with Crippen LogP contribution in [0.3, 0.4) is 0 Å². The molecule has 0 saturated heterocycles. The Morgan fingerprint density at radius 3 is 1.88 bits per heavy atom. The molecule has 0 bridgehead atoms. The van der Waals surface area contributed by atoms with Gasteiger partial charge in [0.25, 0.3) is 5.91 Å². The fourth-order valence-corrected chi connectivity index (χ4v) is 2.06. The van der Waals surface area contributed by atoms with Gasteiger partial charge in [-0.25, -0.2) is 14.4 Å². The molecule has 0 radical (unpaired) electrons. The molecule has 8 nitrogen and oxygen atoms in total. The van der Waals surface area contributed by atoms with Gasteiger partial charge in [0.1, 0.15) is 0 Å². The van der Waals surface area contributed by atoms with Gasteiger partial charge in [-0.1, -0.05) is 6.07 Å². The Kier molecular flexibility index (Phi) is 5.13. The van der Waals surface area contributed by atoms with Crippen molar-refractivity contribution >= 4 is 29.5 Å². The average molecular weight is 343 g/mol. The van der Waals surface area contributed by atoms with Crippen LogP contribution >= 0.6 is 0 Å². The number of hydrogen-bond acceptors (Lipinski definition) is 5. The Labute approximate surface area is 141 Å². The summed E-state index contributed by atoms with van der Waals surface area (Å²) in [5, 5.41) is 20.5. The van der Waals surface area contributed by atoms with Crippen molar-refractivity contribution in [2.24, 2.45) is 0 Å². The molecule has 25 heavy (non-hydrogen) atoms. The maximum absolute atomic E-state index is 12.3. The molecule has 0 fully saturated rings. The second-order valence-electron chi connectivity index (χ2n) is 4.94. The van der Waals surface area contributed by atoms with Crippen molar-refractivity contribution < 1.29 is 34.1 Å². The molecule has 0 saturated carbocycles. The standard InChI is InChI=1S/C17H13NO7/c1-25-17(24)10-4-2-3-9(5-10)14(19)18-13-7-11(15(20)21)6-12(8-13)16(22)23/h2-8H,1H3,(H,18,19)(H,20,21)(H,22,23). The number of esters is 1. The molecule has 0 aliphatic heterocycles. The molecule has 1 amide bonds. The highest BCUT2D eigenvalue weighted by Gasteiger charge is 2.15. The molecule has 0 aliphatic carbocycles. The van der Waals surface area contributed by atoms with Gasteiger partial charge in [-0.2, -0.15) is 0 Å². The lowest BCUT2D eigenvalue weighted by atomic mass is 10.1. The number of carboxylic acid groups (broad SMARTS) is 2. The lowest BCUT2D eigenvalue weighted by molar-refractivity contribution is 0.0599. The molecule has 3 N–H and O–H groups in total. The Bertz CT molecular complexity index is 841. The highest BCUT2D eigenvalue weighted by atomic mass is 16.5. The van der Waals surface area contributed by atoms with Crippen molar-refractivity contribution in [3.8, 4) is 0 Å². The van der Waals surface area contributed by atoms with Crippen molar-refractivity contribution in [3.63, 3.8) is 0 Å². The molecule has 0 atom stereocenters. The minimum absolute atomic E-state index is 0.00534. The van der Waals surface area contributed by atoms with Gasteiger partial charge in [0.05, 0.1) is 23.8 Å². The van der Waals surface area contributed by atoms with Gasteiger partial charge in [0.2, 0.25) is 0 Å². The monoisotopic (exact) mass is 343 g/mol. The SMILES string of the molecule is COC(=O)c1cccc(C(=O)Nc2cc(C(=O)O)cc(C(=O)O)c2)c1. The fraction of sp³-hybridized carbons (Fsp3) is 0.0588. The second kappa shape index (κ2) is 7.26. The summed E-state index contributed by atoms with van der Waals surface area (Å²) >= 11 is 0. The predicted octanol–water partition coefficient (Wildman–Crippen LogP) is 2.12. The summed E-state index contributed by atoms with van der Waals surface area (Å²) in [6, 6.07) is 8.96. The maximum Gasteiger partial charge on any atom is 0.337 e. The van der Waals surface area contributed by atoms with E-state index in [4.69, 9.17) is 10.2 Å². The predicted molar refractivity (Wildman–Crippen MR) is 86.1 cm³/mol. The zero-order valence-corrected chi connectivity index (χ0v) is 13.0. The quantitative estimate of drug-likeness (QED) is 0.709. The van der Waals surface area contributed by atoms with Gasteiger partial charge >= 0.3 is 17.9 Å². The molecule has 2 rings (SSSR count). The summed E-state index contributed by atoms with van der Waals surface area (Å²) in [6.07, 6.45) is 0. The van der Waals surface area contributed by atoms with Gasteiger partial charge < -0.3 is 20.3 Å². The Morgan fingerprint density at radius 1 is 0.840 bits per heavy atom. The van der Waals surface area contributed by atoms with Crippen LogP contribution in [0.5, 0.6) is 0 Å². The number of benzene rings is 2. The van der Waals surface area contributed by atoms with E-state index in [-0.39, 0.29) is 27.9 Å². The molecular weight excluding hydrogens is 330 g/mol. The molecule has 0 unspecified atom stereocenters. The van der Waals surface area contributed by atoms with Crippen LogP contribution in [0, 0.1) is 0 Å². The van der Waals surface area contributed by atoms with E-state index in [2.05, 4.69) is 10.1 Å². The van der Waals surface area contributed by atoms with Crippen LogP contribution in [-0.2, 0) is 4.74 Å². The van der Waals surface area contributed by atoms with Crippen LogP contribution in [-0.4, -0.2) is 41.1 Å². The van der Waals surface area contributed by atoms with Crippen LogP contribution in [0.15, 0.2) is 42.5 Å². The highest BCUT2D eigenvalue weighted by molar-refractivity contribution is 6.07. The van der Waals surface area contributed by atoms with Crippen molar-refractivity contribution in [1.82, 2.24) is 0 Å². The molecule has 0 spiro atoms. The molecule has 0 aliphatic rings. The first-order valence-electron chi connectivity index (χ1n) is 6.93. The van der Waals surface area contributed by atoms with E-state index in [1.54, 1.807) is 0 Å². The Balaban J connectivity index is 2.33. The molecule has 2 aromatic carbocycles. The van der Waals surface area contributed by atoms with Crippen molar-refractivity contribution in [2.75, 3.05) is 12.4 Å². The largest absolute Gasteiger partial charge is 0.478 e. The van der Waals surface area contributed by atoms with Crippen LogP contribution in [0.2, 0.25) is 0 Å². The third-order valence-corrected chi connectivity index (χ3v) is 3.23. The van der Waals surface area contributed by atoms with Crippen LogP contribution in [0.4, 0.5) is 5.69 Å². The number of anilines is 1. The van der Waals surface area contributed by atoms with Gasteiger partial charge in [-0.15, -0.1) is 0 Å². The number of amides is 1. The minimum Gasteiger partial charge on any atom is -0.478 e. The second-order valence-corrected chi connectivity index (χ2v) is 4.94. The first kappa shape index (κ1) is 17.7. The smallest absolute Gasteiger partial charge is 0.337 e. The molecule has 0 aromatic heterocycles. The topological polar surface area (TPSA) is 130 Å². The van der Waals surface area contributed by atoms with E-state index in [9.17, 15) is 19.2 Å². The first-order valence-corrected chi connectivity index (χ1v) is 6.93. The fourth-order valence-electron chi connectivity index (χ4n) is 2.06. The third kappa shape index (κ3) is 4.20. The lowest BCUT2D eigenvalue weighted by Crippen LogP contribution is -2.14. The van der Waals surface area contributed by atoms with Gasteiger partial charge in [0.15, 0.2) is 0 Å². The van der Waals surface area contributed by atoms with E-state index in [0.717, 1.165) is 18.2 Å². The third-order valence-electron chi connectivity index (χ3n) is 3.23. The van der Waals surface area contributed by atoms with Crippen LogP contribution < -0.4 is 5.32 Å². The molecule has 2 aromatic rings. The van der Waals surface area contributed by atoms with Gasteiger partial charge in [-0.3, -0.25) is 4.79 Å². The van der Waals surface area contributed by atoms with Crippen LogP contribution in [0.25, 0.3) is 0 Å². The summed E-state index contributed by atoms with van der Waals surface area (Å²) in [7, 11) is 1.21. The number of methoxy groups -OCH3 is 1. The number of carbonyl (C=O) groups excluding carboxylic acids is 2. The molecular formula is C17H13NO7. The lowest BCUT2D eigenvalue weighted by Gasteiger charge is -2.08.